The molecule has 1 rings (SSSR count). The summed E-state index contributed by atoms with van der Waals surface area (Å²) in [7, 11) is -2.93. The van der Waals surface area contributed by atoms with Crippen molar-refractivity contribution < 1.29 is 13.2 Å². The van der Waals surface area contributed by atoms with Crippen molar-refractivity contribution in [2.24, 2.45) is 4.99 Å². The van der Waals surface area contributed by atoms with Gasteiger partial charge in [-0.25, -0.2) is 8.42 Å². The number of hydrogen-bond acceptors (Lipinski definition) is 4. The number of benzene rings is 1. The average molecular weight is 384 g/mol. The Morgan fingerprint density at radius 3 is 2.62 bits per heavy atom. The van der Waals surface area contributed by atoms with Crippen molar-refractivity contribution in [1.29, 1.82) is 0 Å². The number of ether oxygens (including phenoxy) is 1. The molecule has 0 aliphatic heterocycles. The molecule has 0 aliphatic rings. The van der Waals surface area contributed by atoms with Crippen LogP contribution in [0.1, 0.15) is 38.7 Å². The molecule has 0 spiro atoms. The molecule has 0 heterocycles. The first-order valence-electron chi connectivity index (χ1n) is 9.25. The van der Waals surface area contributed by atoms with E-state index < -0.39 is 9.84 Å². The smallest absolute Gasteiger partial charge is 0.191 e. The van der Waals surface area contributed by atoms with Crippen molar-refractivity contribution >= 4 is 15.8 Å². The van der Waals surface area contributed by atoms with Gasteiger partial charge in [0.05, 0.1) is 12.4 Å². The van der Waals surface area contributed by atoms with Crippen molar-refractivity contribution in [2.45, 2.75) is 45.8 Å². The largest absolute Gasteiger partial charge is 0.377 e. The molecule has 0 saturated carbocycles. The molecule has 148 valence electrons. The van der Waals surface area contributed by atoms with Gasteiger partial charge in [0.15, 0.2) is 5.96 Å². The second-order valence-corrected chi connectivity index (χ2v) is 8.73. The van der Waals surface area contributed by atoms with Gasteiger partial charge < -0.3 is 15.4 Å². The fourth-order valence-electron chi connectivity index (χ4n) is 2.29. The van der Waals surface area contributed by atoms with E-state index in [0.29, 0.717) is 19.6 Å². The molecule has 6 nitrogen and oxygen atoms in total. The SMILES string of the molecule is CCNC(=NCCCCOCc1ccccc1)NC(C)CCS(C)(=O)=O. The lowest BCUT2D eigenvalue weighted by molar-refractivity contribution is 0.117. The quantitative estimate of drug-likeness (QED) is 0.329. The van der Waals surface area contributed by atoms with Gasteiger partial charge in [0.2, 0.25) is 0 Å². The Kier molecular flexibility index (Phi) is 11.0. The highest BCUT2D eigenvalue weighted by atomic mass is 32.2. The van der Waals surface area contributed by atoms with Gasteiger partial charge in [-0.2, -0.15) is 0 Å². The molecule has 0 saturated heterocycles. The maximum absolute atomic E-state index is 11.2. The molecule has 0 fully saturated rings. The summed E-state index contributed by atoms with van der Waals surface area (Å²) in [5, 5.41) is 6.45. The molecule has 0 amide bonds. The van der Waals surface area contributed by atoms with Crippen molar-refractivity contribution in [3.8, 4) is 0 Å². The fourth-order valence-corrected chi connectivity index (χ4v) is 3.07. The van der Waals surface area contributed by atoms with Crippen molar-refractivity contribution in [1.82, 2.24) is 10.6 Å². The summed E-state index contributed by atoms with van der Waals surface area (Å²) in [5.74, 6) is 0.915. The summed E-state index contributed by atoms with van der Waals surface area (Å²) in [5.41, 5.74) is 1.19. The normalized spacial score (nSPS) is 13.4. The first-order chi connectivity index (χ1) is 12.4. The zero-order valence-corrected chi connectivity index (χ0v) is 17.0. The Bertz CT molecular complexity index is 618. The molecule has 1 aromatic rings. The van der Waals surface area contributed by atoms with Crippen LogP contribution in [0.5, 0.6) is 0 Å². The second-order valence-electron chi connectivity index (χ2n) is 6.47. The number of guanidine groups is 1. The summed E-state index contributed by atoms with van der Waals surface area (Å²) < 4.78 is 28.2. The third-order valence-electron chi connectivity index (χ3n) is 3.73. The predicted molar refractivity (Wildman–Crippen MR) is 108 cm³/mol. The average Bonchev–Trinajstić information content (AvgIpc) is 2.59. The van der Waals surface area contributed by atoms with Gasteiger partial charge in [-0.3, -0.25) is 4.99 Å². The monoisotopic (exact) mass is 383 g/mol. The van der Waals surface area contributed by atoms with Crippen LogP contribution in [0.2, 0.25) is 0 Å². The minimum atomic E-state index is -2.93. The van der Waals surface area contributed by atoms with Gasteiger partial charge in [-0.05, 0) is 38.7 Å². The van der Waals surface area contributed by atoms with Crippen LogP contribution in [-0.4, -0.2) is 52.1 Å². The van der Waals surface area contributed by atoms with E-state index in [9.17, 15) is 8.42 Å². The van der Waals surface area contributed by atoms with Crippen LogP contribution in [0.15, 0.2) is 35.3 Å². The molecular weight excluding hydrogens is 350 g/mol. The third-order valence-corrected chi connectivity index (χ3v) is 4.70. The number of unbranched alkanes of at least 4 members (excludes halogenated alkanes) is 1. The lowest BCUT2D eigenvalue weighted by atomic mass is 10.2. The van der Waals surface area contributed by atoms with Gasteiger partial charge in [-0.15, -0.1) is 0 Å². The van der Waals surface area contributed by atoms with Gasteiger partial charge in [0.1, 0.15) is 9.84 Å². The van der Waals surface area contributed by atoms with Crippen LogP contribution in [0.25, 0.3) is 0 Å². The van der Waals surface area contributed by atoms with E-state index >= 15 is 0 Å². The highest BCUT2D eigenvalue weighted by Gasteiger charge is 2.09. The zero-order chi connectivity index (χ0) is 19.3. The molecule has 26 heavy (non-hydrogen) atoms. The number of nitrogens with zero attached hydrogens (tertiary/aromatic N) is 1. The summed E-state index contributed by atoms with van der Waals surface area (Å²) >= 11 is 0. The number of nitrogens with one attached hydrogen (secondary N) is 2. The summed E-state index contributed by atoms with van der Waals surface area (Å²) in [6.07, 6.45) is 3.73. The van der Waals surface area contributed by atoms with Crippen LogP contribution >= 0.6 is 0 Å². The Balaban J connectivity index is 2.22. The molecule has 1 atom stereocenters. The Morgan fingerprint density at radius 2 is 1.96 bits per heavy atom. The zero-order valence-electron chi connectivity index (χ0n) is 16.2. The molecule has 2 N–H and O–H groups in total. The van der Waals surface area contributed by atoms with Crippen LogP contribution in [0.4, 0.5) is 0 Å². The highest BCUT2D eigenvalue weighted by Crippen LogP contribution is 2.02. The number of aliphatic imine (C=N–C) groups is 1. The fraction of sp³-hybridized carbons (Fsp3) is 0.632. The molecule has 7 heteroatoms. The Labute approximate surface area is 158 Å². The lowest BCUT2D eigenvalue weighted by Crippen LogP contribution is -2.42. The number of hydrogen-bond donors (Lipinski definition) is 2. The summed E-state index contributed by atoms with van der Waals surface area (Å²) in [6, 6.07) is 10.2. The van der Waals surface area contributed by atoms with E-state index in [1.54, 1.807) is 0 Å². The van der Waals surface area contributed by atoms with Gasteiger partial charge in [-0.1, -0.05) is 30.3 Å². The molecule has 0 aromatic heterocycles. The van der Waals surface area contributed by atoms with E-state index in [0.717, 1.165) is 32.0 Å². The molecular formula is C19H33N3O3S. The van der Waals surface area contributed by atoms with Gasteiger partial charge in [0.25, 0.3) is 0 Å². The molecule has 0 aliphatic carbocycles. The van der Waals surface area contributed by atoms with E-state index in [2.05, 4.69) is 27.8 Å². The van der Waals surface area contributed by atoms with Crippen LogP contribution in [0.3, 0.4) is 0 Å². The first kappa shape index (κ1) is 22.4. The third kappa shape index (κ3) is 11.9. The van der Waals surface area contributed by atoms with E-state index in [-0.39, 0.29) is 11.8 Å². The van der Waals surface area contributed by atoms with Crippen LogP contribution in [0, 0.1) is 0 Å². The Hall–Kier alpha value is -1.60. The molecule has 0 radical (unpaired) electrons. The predicted octanol–water partition coefficient (Wildman–Crippen LogP) is 2.36. The lowest BCUT2D eigenvalue weighted by Gasteiger charge is -2.17. The van der Waals surface area contributed by atoms with Crippen LogP contribution in [-0.2, 0) is 21.2 Å². The van der Waals surface area contributed by atoms with Gasteiger partial charge >= 0.3 is 0 Å². The molecule has 1 aromatic carbocycles. The minimum Gasteiger partial charge on any atom is -0.377 e. The Morgan fingerprint density at radius 1 is 1.23 bits per heavy atom. The van der Waals surface area contributed by atoms with Crippen molar-refractivity contribution in [3.05, 3.63) is 35.9 Å². The number of rotatable bonds is 12. The summed E-state index contributed by atoms with van der Waals surface area (Å²) in [6.45, 7) is 6.82. The highest BCUT2D eigenvalue weighted by molar-refractivity contribution is 7.90. The summed E-state index contributed by atoms with van der Waals surface area (Å²) in [4.78, 5) is 4.54. The maximum Gasteiger partial charge on any atom is 0.191 e. The van der Waals surface area contributed by atoms with Crippen LogP contribution < -0.4 is 10.6 Å². The molecule has 1 unspecified atom stereocenters. The maximum atomic E-state index is 11.2. The second kappa shape index (κ2) is 12.7. The molecule has 0 bridgehead atoms. The topological polar surface area (TPSA) is 79.8 Å². The minimum absolute atomic E-state index is 0.0525. The standard InChI is InChI=1S/C19H33N3O3S/c1-4-20-19(22-17(2)12-15-26(3,23)24)21-13-8-9-14-25-16-18-10-6-5-7-11-18/h5-7,10-11,17H,4,8-9,12-16H2,1-3H3,(H2,20,21,22). The van der Waals surface area contributed by atoms with E-state index in [1.807, 2.05) is 32.0 Å². The number of sulfone groups is 1. The van der Waals surface area contributed by atoms with Crippen molar-refractivity contribution in [3.63, 3.8) is 0 Å². The first-order valence-corrected chi connectivity index (χ1v) is 11.3. The van der Waals surface area contributed by atoms with Crippen molar-refractivity contribution in [2.75, 3.05) is 31.7 Å². The van der Waals surface area contributed by atoms with Gasteiger partial charge in [0, 0.05) is 32.0 Å². The van der Waals surface area contributed by atoms with E-state index in [1.165, 1.54) is 11.8 Å². The van der Waals surface area contributed by atoms with E-state index in [4.69, 9.17) is 4.74 Å².